The van der Waals surface area contributed by atoms with Gasteiger partial charge in [-0.3, -0.25) is 0 Å². The Bertz CT molecular complexity index is 528. The largest absolute Gasteiger partial charge is 0.508 e. The molecule has 0 fully saturated rings. The molecule has 0 aliphatic carbocycles. The minimum absolute atomic E-state index is 0.348. The Labute approximate surface area is 122 Å². The van der Waals surface area contributed by atoms with Crippen molar-refractivity contribution in [3.05, 3.63) is 65.2 Å². The van der Waals surface area contributed by atoms with E-state index >= 15 is 0 Å². The highest BCUT2D eigenvalue weighted by molar-refractivity contribution is 5.26. The van der Waals surface area contributed by atoms with Gasteiger partial charge in [0.05, 0.1) is 0 Å². The van der Waals surface area contributed by atoms with Crippen LogP contribution < -0.4 is 0 Å². The Kier molecular flexibility index (Phi) is 5.23. The van der Waals surface area contributed by atoms with E-state index in [4.69, 9.17) is 0 Å². The molecule has 0 radical (unpaired) electrons. The molecule has 1 nitrogen and oxygen atoms in total. The number of phenolic OH excluding ortho intramolecular Hbond substituents is 1. The van der Waals surface area contributed by atoms with Crippen molar-refractivity contribution in [1.82, 2.24) is 0 Å². The molecule has 0 spiro atoms. The Morgan fingerprint density at radius 2 is 1.55 bits per heavy atom. The summed E-state index contributed by atoms with van der Waals surface area (Å²) >= 11 is 0. The lowest BCUT2D eigenvalue weighted by Crippen LogP contribution is -2.00. The molecular formula is C19H24O. The first-order chi connectivity index (χ1) is 9.63. The van der Waals surface area contributed by atoms with E-state index in [1.165, 1.54) is 36.0 Å². The Hall–Kier alpha value is -1.76. The Balaban J connectivity index is 1.75. The van der Waals surface area contributed by atoms with E-state index in [1.54, 1.807) is 12.1 Å². The Morgan fingerprint density at radius 1 is 0.900 bits per heavy atom. The molecule has 2 aromatic carbocycles. The fourth-order valence-electron chi connectivity index (χ4n) is 2.50. The summed E-state index contributed by atoms with van der Waals surface area (Å²) in [6, 6.07) is 16.4. The van der Waals surface area contributed by atoms with Crippen molar-refractivity contribution >= 4 is 0 Å². The number of benzene rings is 2. The molecule has 1 heteroatoms. The van der Waals surface area contributed by atoms with Crippen LogP contribution in [0.2, 0.25) is 0 Å². The quantitative estimate of drug-likeness (QED) is 0.790. The summed E-state index contributed by atoms with van der Waals surface area (Å²) in [5, 5.41) is 9.27. The van der Waals surface area contributed by atoms with Crippen LogP contribution in [0.25, 0.3) is 0 Å². The first-order valence-electron chi connectivity index (χ1n) is 7.47. The van der Waals surface area contributed by atoms with Gasteiger partial charge in [-0.05, 0) is 61.8 Å². The van der Waals surface area contributed by atoms with Gasteiger partial charge in [-0.2, -0.15) is 0 Å². The molecule has 0 saturated heterocycles. The van der Waals surface area contributed by atoms with Gasteiger partial charge in [0, 0.05) is 0 Å². The second-order valence-corrected chi connectivity index (χ2v) is 5.84. The summed E-state index contributed by atoms with van der Waals surface area (Å²) < 4.78 is 0. The summed E-state index contributed by atoms with van der Waals surface area (Å²) in [6.07, 6.45) is 4.70. The third kappa shape index (κ3) is 4.73. The van der Waals surface area contributed by atoms with Crippen LogP contribution in [0.4, 0.5) is 0 Å². The van der Waals surface area contributed by atoms with Crippen molar-refractivity contribution in [2.75, 3.05) is 0 Å². The van der Waals surface area contributed by atoms with Crippen molar-refractivity contribution in [2.24, 2.45) is 5.92 Å². The molecule has 0 saturated carbocycles. The Morgan fingerprint density at radius 3 is 2.20 bits per heavy atom. The van der Waals surface area contributed by atoms with Gasteiger partial charge in [0.1, 0.15) is 5.75 Å². The van der Waals surface area contributed by atoms with Gasteiger partial charge in [-0.1, -0.05) is 48.9 Å². The number of rotatable bonds is 6. The maximum atomic E-state index is 9.27. The first-order valence-corrected chi connectivity index (χ1v) is 7.47. The van der Waals surface area contributed by atoms with Crippen LogP contribution >= 0.6 is 0 Å². The summed E-state index contributed by atoms with van der Waals surface area (Å²) in [5.41, 5.74) is 4.10. The van der Waals surface area contributed by atoms with Crippen LogP contribution in [0.1, 0.15) is 36.5 Å². The molecule has 106 valence electrons. The average molecular weight is 268 g/mol. The van der Waals surface area contributed by atoms with E-state index in [0.29, 0.717) is 5.75 Å². The zero-order valence-corrected chi connectivity index (χ0v) is 12.5. The summed E-state index contributed by atoms with van der Waals surface area (Å²) in [4.78, 5) is 0. The van der Waals surface area contributed by atoms with Crippen molar-refractivity contribution in [1.29, 1.82) is 0 Å². The molecule has 1 atom stereocenters. The van der Waals surface area contributed by atoms with Crippen LogP contribution in [0.3, 0.4) is 0 Å². The zero-order valence-electron chi connectivity index (χ0n) is 12.5. The van der Waals surface area contributed by atoms with E-state index in [0.717, 1.165) is 12.3 Å². The molecule has 1 unspecified atom stereocenters. The minimum atomic E-state index is 0.348. The molecule has 0 amide bonds. The van der Waals surface area contributed by atoms with Gasteiger partial charge >= 0.3 is 0 Å². The maximum Gasteiger partial charge on any atom is 0.115 e. The highest BCUT2D eigenvalue weighted by Gasteiger charge is 2.04. The fraction of sp³-hybridized carbons (Fsp3) is 0.368. The van der Waals surface area contributed by atoms with E-state index in [1.807, 2.05) is 12.1 Å². The van der Waals surface area contributed by atoms with E-state index < -0.39 is 0 Å². The van der Waals surface area contributed by atoms with Crippen LogP contribution in [0, 0.1) is 12.8 Å². The predicted molar refractivity (Wildman–Crippen MR) is 85.1 cm³/mol. The highest BCUT2D eigenvalue weighted by atomic mass is 16.3. The smallest absolute Gasteiger partial charge is 0.115 e. The third-order valence-corrected chi connectivity index (χ3v) is 3.87. The van der Waals surface area contributed by atoms with Crippen molar-refractivity contribution < 1.29 is 5.11 Å². The lowest BCUT2D eigenvalue weighted by molar-refractivity contribution is 0.474. The second kappa shape index (κ2) is 7.14. The standard InChI is InChI=1S/C19H24O/c1-15(6-8-17-10-12-19(20)13-11-17)7-9-18-5-3-4-16(2)14-18/h3-5,10-15,20H,6-9H2,1-2H3. The monoisotopic (exact) mass is 268 g/mol. The summed E-state index contributed by atoms with van der Waals surface area (Å²) in [5.74, 6) is 1.07. The normalized spacial score (nSPS) is 12.3. The van der Waals surface area contributed by atoms with Gasteiger partial charge in [0.25, 0.3) is 0 Å². The number of hydrogen-bond acceptors (Lipinski definition) is 1. The fourth-order valence-corrected chi connectivity index (χ4v) is 2.50. The van der Waals surface area contributed by atoms with E-state index in [9.17, 15) is 5.11 Å². The topological polar surface area (TPSA) is 20.2 Å². The van der Waals surface area contributed by atoms with Gasteiger partial charge in [0.2, 0.25) is 0 Å². The zero-order chi connectivity index (χ0) is 14.4. The van der Waals surface area contributed by atoms with Crippen LogP contribution in [0.5, 0.6) is 5.75 Å². The van der Waals surface area contributed by atoms with Crippen molar-refractivity contribution in [2.45, 2.75) is 39.5 Å². The summed E-state index contributed by atoms with van der Waals surface area (Å²) in [6.45, 7) is 4.48. The number of phenols is 1. The van der Waals surface area contributed by atoms with Gasteiger partial charge in [-0.25, -0.2) is 0 Å². The third-order valence-electron chi connectivity index (χ3n) is 3.87. The lowest BCUT2D eigenvalue weighted by Gasteiger charge is -2.11. The summed E-state index contributed by atoms with van der Waals surface area (Å²) in [7, 11) is 0. The lowest BCUT2D eigenvalue weighted by atomic mass is 9.94. The van der Waals surface area contributed by atoms with E-state index in [2.05, 4.69) is 38.1 Å². The van der Waals surface area contributed by atoms with Crippen molar-refractivity contribution in [3.63, 3.8) is 0 Å². The molecule has 0 aliphatic heterocycles. The van der Waals surface area contributed by atoms with Gasteiger partial charge < -0.3 is 5.11 Å². The van der Waals surface area contributed by atoms with E-state index in [-0.39, 0.29) is 0 Å². The molecule has 0 aliphatic rings. The molecule has 0 heterocycles. The van der Waals surface area contributed by atoms with Crippen LogP contribution in [-0.4, -0.2) is 5.11 Å². The number of aromatic hydroxyl groups is 1. The first kappa shape index (κ1) is 14.6. The van der Waals surface area contributed by atoms with Gasteiger partial charge in [0.15, 0.2) is 0 Å². The predicted octanol–water partition coefficient (Wildman–Crippen LogP) is 4.90. The SMILES string of the molecule is Cc1cccc(CCC(C)CCc2ccc(O)cc2)c1. The molecule has 0 aromatic heterocycles. The molecule has 2 aromatic rings. The molecular weight excluding hydrogens is 244 g/mol. The molecule has 0 bridgehead atoms. The van der Waals surface area contributed by atoms with Gasteiger partial charge in [-0.15, -0.1) is 0 Å². The minimum Gasteiger partial charge on any atom is -0.508 e. The van der Waals surface area contributed by atoms with Crippen LogP contribution in [0.15, 0.2) is 48.5 Å². The molecule has 2 rings (SSSR count). The van der Waals surface area contributed by atoms with Crippen LogP contribution in [-0.2, 0) is 12.8 Å². The molecule has 20 heavy (non-hydrogen) atoms. The maximum absolute atomic E-state index is 9.27. The number of aryl methyl sites for hydroxylation is 3. The average Bonchev–Trinajstić information content (AvgIpc) is 2.45. The molecule has 1 N–H and O–H groups in total. The highest BCUT2D eigenvalue weighted by Crippen LogP contribution is 2.18. The number of hydrogen-bond donors (Lipinski definition) is 1. The van der Waals surface area contributed by atoms with Crippen molar-refractivity contribution in [3.8, 4) is 5.75 Å². The second-order valence-electron chi connectivity index (χ2n) is 5.84.